The first-order chi connectivity index (χ1) is 26.1. The molecule has 4 aromatic carbocycles. The Hall–Kier alpha value is -2.73. The van der Waals surface area contributed by atoms with Gasteiger partial charge in [-0.15, -0.1) is 48.4 Å². The van der Waals surface area contributed by atoms with Crippen molar-refractivity contribution in [2.24, 2.45) is 0 Å². The second-order valence-corrected chi connectivity index (χ2v) is 15.2. The minimum Gasteiger partial charge on any atom is -0.872 e. The molecule has 0 saturated heterocycles. The molecule has 4 aromatic rings. The van der Waals surface area contributed by atoms with Gasteiger partial charge in [0.1, 0.15) is 0 Å². The summed E-state index contributed by atoms with van der Waals surface area (Å²) in [4.78, 5) is 3.77. The van der Waals surface area contributed by atoms with Gasteiger partial charge in [-0.2, -0.15) is 0 Å². The molecule has 0 heterocycles. The van der Waals surface area contributed by atoms with Crippen molar-refractivity contribution < 1.29 is 84.3 Å². The fourth-order valence-corrected chi connectivity index (χ4v) is 6.29. The van der Waals surface area contributed by atoms with Gasteiger partial charge in [0.25, 0.3) is 0 Å². The summed E-state index contributed by atoms with van der Waals surface area (Å²) in [6, 6.07) is 14.9. The van der Waals surface area contributed by atoms with E-state index in [0.717, 1.165) is 22.3 Å². The standard InChI is InChI=1S/2C20H26NO3.2C3H7O.2Ti/c2*1-13-7-15(3)19(23)17(9-13)11-21(5-6-22)12-18-10-14(2)8-16(4)20(18)24;2*1-3(2)4;;/h2*7-10,23-24H,5-6,11-12H2,1-4H3;2*3H,1-2H3;;/q4*-1;2*+4/p-4. The van der Waals surface area contributed by atoms with E-state index in [9.17, 15) is 40.9 Å². The number of hydrogen-bond donors (Lipinski definition) is 0. The van der Waals surface area contributed by atoms with E-state index in [0.29, 0.717) is 83.8 Å². The summed E-state index contributed by atoms with van der Waals surface area (Å²) in [6.07, 6.45) is -0.833. The summed E-state index contributed by atoms with van der Waals surface area (Å²) >= 11 is 0. The SMILES string of the molecule is CC(C)[O-].CC(C)[O-].Cc1cc(C)c([O-])c(CN(CC[O-])Cc2cc(C)cc(C)c2[O-])c1.Cc1cc(C)c([O-])c(CN(CC[O-])Cc2cc(C)cc(C)c2[O-])c1.[Ti+4].[Ti+4]. The van der Waals surface area contributed by atoms with Crippen LogP contribution in [0.15, 0.2) is 48.5 Å². The van der Waals surface area contributed by atoms with E-state index in [1.807, 2.05) is 86.0 Å². The van der Waals surface area contributed by atoms with Crippen LogP contribution in [0.1, 0.15) is 94.5 Å². The molecule has 12 heteroatoms. The number of aryl methyl sites for hydroxylation is 8. The Bertz CT molecular complexity index is 1560. The molecule has 10 nitrogen and oxygen atoms in total. The van der Waals surface area contributed by atoms with Crippen LogP contribution in [0.25, 0.3) is 0 Å². The maximum absolute atomic E-state index is 12.3. The van der Waals surface area contributed by atoms with Crippen molar-refractivity contribution in [3.63, 3.8) is 0 Å². The molecule has 0 fully saturated rings. The predicted molar refractivity (Wildman–Crippen MR) is 210 cm³/mol. The summed E-state index contributed by atoms with van der Waals surface area (Å²) < 4.78 is 0. The minimum absolute atomic E-state index is 0. The normalized spacial score (nSPS) is 10.6. The smallest absolute Gasteiger partial charge is 0.872 e. The van der Waals surface area contributed by atoms with Gasteiger partial charge in [0.15, 0.2) is 0 Å². The third-order valence-corrected chi connectivity index (χ3v) is 8.37. The molecule has 312 valence electrons. The van der Waals surface area contributed by atoms with Crippen molar-refractivity contribution >= 4 is 0 Å². The van der Waals surface area contributed by atoms with Gasteiger partial charge >= 0.3 is 43.4 Å². The van der Waals surface area contributed by atoms with Crippen molar-refractivity contribution in [3.05, 3.63) is 115 Å². The summed E-state index contributed by atoms with van der Waals surface area (Å²) in [7, 11) is 0. The molecule has 0 N–H and O–H groups in total. The summed E-state index contributed by atoms with van der Waals surface area (Å²) in [5.74, 6) is 0.0528. The van der Waals surface area contributed by atoms with Crippen LogP contribution in [-0.4, -0.2) is 48.3 Å². The van der Waals surface area contributed by atoms with Crippen LogP contribution in [0.4, 0.5) is 0 Å². The maximum Gasteiger partial charge on any atom is 4.00 e. The van der Waals surface area contributed by atoms with Crippen molar-refractivity contribution in [2.75, 3.05) is 26.3 Å². The molecule has 0 radical (unpaired) electrons. The molecule has 0 aliphatic carbocycles. The van der Waals surface area contributed by atoms with E-state index in [4.69, 9.17) is 0 Å². The Morgan fingerprint density at radius 1 is 0.397 bits per heavy atom. The Balaban J connectivity index is 0. The second-order valence-electron chi connectivity index (χ2n) is 15.2. The Kier molecular flexibility index (Phi) is 28.4. The zero-order valence-corrected chi connectivity index (χ0v) is 39.7. The van der Waals surface area contributed by atoms with E-state index in [2.05, 4.69) is 0 Å². The van der Waals surface area contributed by atoms with Gasteiger partial charge in [-0.25, -0.2) is 0 Å². The van der Waals surface area contributed by atoms with E-state index in [1.165, 1.54) is 0 Å². The van der Waals surface area contributed by atoms with Gasteiger partial charge in [-0.3, -0.25) is 9.80 Å². The van der Waals surface area contributed by atoms with Crippen LogP contribution in [-0.2, 0) is 69.6 Å². The van der Waals surface area contributed by atoms with Crippen LogP contribution in [0, 0.1) is 55.4 Å². The zero-order chi connectivity index (χ0) is 42.9. The molecule has 0 spiro atoms. The van der Waals surface area contributed by atoms with Crippen molar-refractivity contribution in [3.8, 4) is 23.0 Å². The predicted octanol–water partition coefficient (Wildman–Crippen LogP) is 2.37. The number of hydrogen-bond acceptors (Lipinski definition) is 10. The fourth-order valence-electron chi connectivity index (χ4n) is 6.29. The first kappa shape index (κ1) is 57.4. The van der Waals surface area contributed by atoms with Gasteiger partial charge in [0.05, 0.1) is 0 Å². The van der Waals surface area contributed by atoms with E-state index in [-0.39, 0.29) is 79.6 Å². The quantitative estimate of drug-likeness (QED) is 0.191. The van der Waals surface area contributed by atoms with Crippen molar-refractivity contribution in [1.82, 2.24) is 9.80 Å². The fraction of sp³-hybridized carbons (Fsp3) is 0.478. The summed E-state index contributed by atoms with van der Waals surface area (Å²) in [6.45, 7) is 23.1. The average molecular weight is 867 g/mol. The zero-order valence-electron chi connectivity index (χ0n) is 36.6. The van der Waals surface area contributed by atoms with Gasteiger partial charge in [-0.1, -0.05) is 121 Å². The Labute approximate surface area is 378 Å². The Morgan fingerprint density at radius 3 is 0.724 bits per heavy atom. The molecule has 0 amide bonds. The molecule has 0 unspecified atom stereocenters. The molecule has 0 aliphatic rings. The minimum atomic E-state index is -0.417. The number of rotatable bonds is 12. The molecule has 0 saturated carbocycles. The number of benzene rings is 4. The molecule has 0 bridgehead atoms. The van der Waals surface area contributed by atoms with Crippen LogP contribution >= 0.6 is 0 Å². The molecule has 0 atom stereocenters. The molecule has 0 aliphatic heterocycles. The first-order valence-electron chi connectivity index (χ1n) is 19.1. The van der Waals surface area contributed by atoms with Gasteiger partial charge in [0, 0.05) is 26.2 Å². The molecular formula is C46H62N2O8Ti2. The van der Waals surface area contributed by atoms with Crippen LogP contribution in [0.2, 0.25) is 0 Å². The van der Waals surface area contributed by atoms with Gasteiger partial charge < -0.3 is 40.9 Å². The van der Waals surface area contributed by atoms with Gasteiger partial charge in [-0.05, 0) is 90.7 Å². The van der Waals surface area contributed by atoms with Crippen molar-refractivity contribution in [1.29, 1.82) is 0 Å². The van der Waals surface area contributed by atoms with Crippen LogP contribution in [0.5, 0.6) is 23.0 Å². The average Bonchev–Trinajstić information content (AvgIpc) is 3.06. The third kappa shape index (κ3) is 21.0. The summed E-state index contributed by atoms with van der Waals surface area (Å²) in [5.41, 5.74) is 9.67. The first-order valence-corrected chi connectivity index (χ1v) is 19.1. The maximum atomic E-state index is 12.3. The number of nitrogens with zero attached hydrogens (tertiary/aromatic N) is 2. The van der Waals surface area contributed by atoms with E-state index < -0.39 is 12.2 Å². The van der Waals surface area contributed by atoms with Crippen molar-refractivity contribution in [2.45, 2.75) is 121 Å². The molecular weight excluding hydrogens is 804 g/mol. The molecule has 58 heavy (non-hydrogen) atoms. The summed E-state index contributed by atoms with van der Waals surface area (Å²) in [5, 5.41) is 90.7. The topological polar surface area (TPSA) is 191 Å². The largest absolute Gasteiger partial charge is 4.00 e. The molecule has 4 rings (SSSR count). The monoisotopic (exact) mass is 866 g/mol. The van der Waals surface area contributed by atoms with Crippen LogP contribution in [0.3, 0.4) is 0 Å². The molecule has 0 aromatic heterocycles. The Morgan fingerprint density at radius 2 is 0.569 bits per heavy atom. The van der Waals surface area contributed by atoms with E-state index in [1.54, 1.807) is 55.4 Å². The third-order valence-electron chi connectivity index (χ3n) is 8.37. The van der Waals surface area contributed by atoms with E-state index >= 15 is 0 Å². The van der Waals surface area contributed by atoms with Gasteiger partial charge in [0.2, 0.25) is 0 Å². The van der Waals surface area contributed by atoms with Crippen LogP contribution < -0.4 is 40.9 Å². The second kappa shape index (κ2) is 28.7.